The summed E-state index contributed by atoms with van der Waals surface area (Å²) < 4.78 is 35.6. The third kappa shape index (κ3) is 3.35. The Morgan fingerprint density at radius 1 is 0.944 bits per heavy atom. The van der Waals surface area contributed by atoms with Crippen LogP contribution in [0.25, 0.3) is 0 Å². The van der Waals surface area contributed by atoms with E-state index >= 15 is 0 Å². The second kappa shape index (κ2) is 8.00. The molecule has 0 aromatic heterocycles. The van der Waals surface area contributed by atoms with Crippen molar-refractivity contribution in [3.8, 4) is 0 Å². The highest BCUT2D eigenvalue weighted by atomic mass is 16.7. The lowest BCUT2D eigenvalue weighted by atomic mass is 9.51. The standard InChI is InChI=1S/C27H32O9/c1-16-8-9-26-14-32-23(30)22-24(2,36-22)10-11-31-20(28)6-4-5-7-21(29)35-17-13-19(34-18(26)12-16)27(15-33-27)25(17,26)3/h4-7,12,17-19,22H,8-11,13-15H2,1-3H3/b6-4+,7-5-. The van der Waals surface area contributed by atoms with Gasteiger partial charge in [0.15, 0.2) is 6.10 Å². The molecule has 8 atom stereocenters. The van der Waals surface area contributed by atoms with Crippen LogP contribution >= 0.6 is 0 Å². The van der Waals surface area contributed by atoms with Crippen LogP contribution in [0.1, 0.15) is 46.5 Å². The number of carbonyl (C=O) groups is 3. The molecule has 0 radical (unpaired) electrons. The smallest absolute Gasteiger partial charge is 0.338 e. The summed E-state index contributed by atoms with van der Waals surface area (Å²) in [5, 5.41) is 0. The molecule has 1 saturated carbocycles. The van der Waals surface area contributed by atoms with Crippen molar-refractivity contribution in [3.63, 3.8) is 0 Å². The van der Waals surface area contributed by atoms with Crippen LogP contribution in [0.15, 0.2) is 36.0 Å². The molecule has 8 unspecified atom stereocenters. The van der Waals surface area contributed by atoms with Crippen LogP contribution in [0.4, 0.5) is 0 Å². The number of rotatable bonds is 0. The van der Waals surface area contributed by atoms with E-state index in [4.69, 9.17) is 28.4 Å². The Hall–Kier alpha value is -2.49. The average Bonchev–Trinajstić information content (AvgIpc) is 3.74. The summed E-state index contributed by atoms with van der Waals surface area (Å²) in [6.07, 6.45) is 8.23. The van der Waals surface area contributed by atoms with E-state index in [1.165, 1.54) is 29.9 Å². The van der Waals surface area contributed by atoms with E-state index in [0.29, 0.717) is 25.9 Å². The second-order valence-electron chi connectivity index (χ2n) is 11.3. The molecule has 3 saturated heterocycles. The van der Waals surface area contributed by atoms with Crippen LogP contribution < -0.4 is 0 Å². The summed E-state index contributed by atoms with van der Waals surface area (Å²) in [5.41, 5.74) is -1.36. The van der Waals surface area contributed by atoms with Crippen molar-refractivity contribution >= 4 is 17.9 Å². The summed E-state index contributed by atoms with van der Waals surface area (Å²) in [7, 11) is 0. The molecule has 2 spiro atoms. The summed E-state index contributed by atoms with van der Waals surface area (Å²) in [4.78, 5) is 37.8. The number of epoxide rings is 2. The zero-order chi connectivity index (χ0) is 25.3. The van der Waals surface area contributed by atoms with E-state index in [1.807, 2.05) is 6.92 Å². The van der Waals surface area contributed by atoms with Crippen molar-refractivity contribution in [2.75, 3.05) is 19.8 Å². The minimum atomic E-state index is -0.739. The van der Waals surface area contributed by atoms with Gasteiger partial charge in [-0.05, 0) is 26.7 Å². The van der Waals surface area contributed by atoms with Gasteiger partial charge >= 0.3 is 17.9 Å². The van der Waals surface area contributed by atoms with Gasteiger partial charge in [-0.2, -0.15) is 0 Å². The predicted octanol–water partition coefficient (Wildman–Crippen LogP) is 2.33. The summed E-state index contributed by atoms with van der Waals surface area (Å²) in [6, 6.07) is 0. The highest BCUT2D eigenvalue weighted by Gasteiger charge is 2.83. The monoisotopic (exact) mass is 500 g/mol. The summed E-state index contributed by atoms with van der Waals surface area (Å²) in [6.45, 7) is 6.71. The Kier molecular flexibility index (Phi) is 5.31. The largest absolute Gasteiger partial charge is 0.463 e. The van der Waals surface area contributed by atoms with Gasteiger partial charge in [0.25, 0.3) is 0 Å². The summed E-state index contributed by atoms with van der Waals surface area (Å²) in [5.74, 6) is -1.51. The Morgan fingerprint density at radius 3 is 2.44 bits per heavy atom. The fourth-order valence-corrected chi connectivity index (χ4v) is 6.98. The van der Waals surface area contributed by atoms with Gasteiger partial charge in [-0.15, -0.1) is 0 Å². The van der Waals surface area contributed by atoms with Gasteiger partial charge in [-0.25, -0.2) is 14.4 Å². The number of fused-ring (bicyclic) bond motifs is 1. The first-order valence-electron chi connectivity index (χ1n) is 12.7. The average molecular weight is 501 g/mol. The van der Waals surface area contributed by atoms with Crippen LogP contribution in [0.2, 0.25) is 0 Å². The topological polar surface area (TPSA) is 113 Å². The third-order valence-corrected chi connectivity index (χ3v) is 9.47. The fourth-order valence-electron chi connectivity index (χ4n) is 6.98. The minimum Gasteiger partial charge on any atom is -0.463 e. The molecule has 0 aromatic rings. The molecule has 6 aliphatic rings. The molecule has 2 bridgehead atoms. The van der Waals surface area contributed by atoms with E-state index < -0.39 is 52.1 Å². The number of carbonyl (C=O) groups excluding carboxylic acids is 3. The Labute approximate surface area is 209 Å². The van der Waals surface area contributed by atoms with E-state index in [2.05, 4.69) is 19.9 Å². The molecule has 0 aromatic carbocycles. The molecule has 0 amide bonds. The Bertz CT molecular complexity index is 1090. The highest BCUT2D eigenvalue weighted by Crippen LogP contribution is 2.72. The van der Waals surface area contributed by atoms with Crippen LogP contribution in [0, 0.1) is 10.8 Å². The second-order valence-corrected chi connectivity index (χ2v) is 11.3. The first-order chi connectivity index (χ1) is 17.1. The van der Waals surface area contributed by atoms with Crippen LogP contribution in [0.5, 0.6) is 0 Å². The maximum atomic E-state index is 13.1. The molecule has 0 N–H and O–H groups in total. The van der Waals surface area contributed by atoms with Gasteiger partial charge in [0.2, 0.25) is 0 Å². The van der Waals surface area contributed by atoms with E-state index in [0.717, 1.165) is 6.42 Å². The zero-order valence-corrected chi connectivity index (χ0v) is 20.8. The van der Waals surface area contributed by atoms with Crippen molar-refractivity contribution < 1.29 is 42.8 Å². The fraction of sp³-hybridized carbons (Fsp3) is 0.667. The van der Waals surface area contributed by atoms with Gasteiger partial charge in [-0.3, -0.25) is 0 Å². The predicted molar refractivity (Wildman–Crippen MR) is 123 cm³/mol. The van der Waals surface area contributed by atoms with Gasteiger partial charge in [0, 0.05) is 30.4 Å². The van der Waals surface area contributed by atoms with E-state index in [1.54, 1.807) is 0 Å². The molecule has 2 aliphatic carbocycles. The molecule has 9 nitrogen and oxygen atoms in total. The zero-order valence-electron chi connectivity index (χ0n) is 20.8. The van der Waals surface area contributed by atoms with Crippen molar-refractivity contribution in [1.29, 1.82) is 0 Å². The van der Waals surface area contributed by atoms with Crippen molar-refractivity contribution in [2.45, 2.75) is 82.1 Å². The van der Waals surface area contributed by atoms with Crippen molar-refractivity contribution in [3.05, 3.63) is 36.0 Å². The number of cyclic esters (lactones) is 2. The third-order valence-electron chi connectivity index (χ3n) is 9.47. The maximum absolute atomic E-state index is 13.1. The Morgan fingerprint density at radius 2 is 1.69 bits per heavy atom. The number of esters is 3. The molecule has 4 fully saturated rings. The first-order valence-corrected chi connectivity index (χ1v) is 12.7. The number of ether oxygens (including phenoxy) is 6. The molecule has 4 aliphatic heterocycles. The van der Waals surface area contributed by atoms with Crippen molar-refractivity contribution in [1.82, 2.24) is 0 Å². The minimum absolute atomic E-state index is 0.0974. The van der Waals surface area contributed by atoms with Gasteiger partial charge in [0.1, 0.15) is 23.9 Å². The first kappa shape index (κ1) is 23.9. The lowest BCUT2D eigenvalue weighted by Crippen LogP contribution is -2.66. The molecule has 36 heavy (non-hydrogen) atoms. The number of hydrogen-bond acceptors (Lipinski definition) is 9. The Balaban J connectivity index is 1.37. The van der Waals surface area contributed by atoms with Crippen molar-refractivity contribution in [2.24, 2.45) is 10.8 Å². The van der Waals surface area contributed by atoms with Crippen LogP contribution in [-0.4, -0.2) is 73.3 Å². The molecular weight excluding hydrogens is 468 g/mol. The van der Waals surface area contributed by atoms with Gasteiger partial charge in [-0.1, -0.05) is 30.7 Å². The van der Waals surface area contributed by atoms with Gasteiger partial charge < -0.3 is 28.4 Å². The lowest BCUT2D eigenvalue weighted by molar-refractivity contribution is -0.233. The quantitative estimate of drug-likeness (QED) is 0.214. The molecule has 194 valence electrons. The van der Waals surface area contributed by atoms with E-state index in [-0.39, 0.29) is 25.4 Å². The maximum Gasteiger partial charge on any atom is 0.338 e. The highest BCUT2D eigenvalue weighted by molar-refractivity contribution is 5.84. The van der Waals surface area contributed by atoms with Crippen LogP contribution in [-0.2, 0) is 42.8 Å². The number of allylic oxidation sites excluding steroid dienone is 3. The number of hydrogen-bond donors (Lipinski definition) is 0. The molecule has 9 heteroatoms. The SMILES string of the molecule is CC1=CC2OC3CC4OC(=O)/C=C\C=C\C(=O)OCCC5(C)OC5C(=O)OCC2(CC1)C4(C)C31CO1. The molecule has 6 rings (SSSR count). The molecule has 4 heterocycles. The van der Waals surface area contributed by atoms with Gasteiger partial charge in [0.05, 0.1) is 30.8 Å². The molecular formula is C27H32O9. The lowest BCUT2D eigenvalue weighted by Gasteiger charge is -2.58. The normalized spacial score (nSPS) is 49.8. The summed E-state index contributed by atoms with van der Waals surface area (Å²) >= 11 is 0. The van der Waals surface area contributed by atoms with Crippen LogP contribution in [0.3, 0.4) is 0 Å². The van der Waals surface area contributed by atoms with E-state index in [9.17, 15) is 14.4 Å².